The molecule has 0 spiro atoms. The molecular weight excluding hydrogens is 224 g/mol. The van der Waals surface area contributed by atoms with Crippen molar-refractivity contribution in [2.24, 2.45) is 0 Å². The molecule has 2 aromatic heterocycles. The van der Waals surface area contributed by atoms with Gasteiger partial charge in [0.15, 0.2) is 0 Å². The second-order valence-corrected chi connectivity index (χ2v) is 4.18. The number of aromatic nitrogens is 3. The van der Waals surface area contributed by atoms with Crippen LogP contribution in [0.4, 0.5) is 5.69 Å². The Labute approximate surface area is 96.1 Å². The number of nitrogens with zero attached hydrogens (tertiary/aromatic N) is 2. The van der Waals surface area contributed by atoms with Crippen LogP contribution < -0.4 is 11.3 Å². The van der Waals surface area contributed by atoms with E-state index in [1.807, 2.05) is 0 Å². The van der Waals surface area contributed by atoms with Gasteiger partial charge in [0.05, 0.1) is 5.69 Å². The van der Waals surface area contributed by atoms with Crippen molar-refractivity contribution in [3.05, 3.63) is 40.6 Å². The summed E-state index contributed by atoms with van der Waals surface area (Å²) in [5.74, 6) is 0.574. The third-order valence-corrected chi connectivity index (χ3v) is 2.79. The zero-order valence-corrected chi connectivity index (χ0v) is 9.41. The smallest absolute Gasteiger partial charge is 0.251 e. The Balaban J connectivity index is 2.34. The number of rotatable bonds is 2. The molecule has 6 heteroatoms. The van der Waals surface area contributed by atoms with Gasteiger partial charge in [-0.3, -0.25) is 4.79 Å². The molecule has 0 saturated heterocycles. The second kappa shape index (κ2) is 4.36. The van der Waals surface area contributed by atoms with E-state index in [1.165, 1.54) is 17.8 Å². The summed E-state index contributed by atoms with van der Waals surface area (Å²) in [7, 11) is 0. The molecular formula is C10H10N4OS. The van der Waals surface area contributed by atoms with Gasteiger partial charge in [0, 0.05) is 12.3 Å². The van der Waals surface area contributed by atoms with Crippen molar-refractivity contribution < 1.29 is 0 Å². The Morgan fingerprint density at radius 2 is 2.31 bits per heavy atom. The molecule has 5 nitrogen and oxygen atoms in total. The van der Waals surface area contributed by atoms with Crippen LogP contribution in [0.3, 0.4) is 0 Å². The van der Waals surface area contributed by atoms with Crippen LogP contribution in [0.5, 0.6) is 0 Å². The number of aryl methyl sites for hydroxylation is 1. The highest BCUT2D eigenvalue weighted by molar-refractivity contribution is 7.99. The highest BCUT2D eigenvalue weighted by Crippen LogP contribution is 2.27. The van der Waals surface area contributed by atoms with E-state index in [2.05, 4.69) is 15.0 Å². The minimum Gasteiger partial charge on any atom is -0.397 e. The van der Waals surface area contributed by atoms with Crippen molar-refractivity contribution >= 4 is 17.4 Å². The lowest BCUT2D eigenvalue weighted by atomic mass is 10.4. The Bertz CT molecular complexity index is 567. The van der Waals surface area contributed by atoms with Gasteiger partial charge in [-0.1, -0.05) is 0 Å². The molecule has 0 radical (unpaired) electrons. The lowest BCUT2D eigenvalue weighted by Crippen LogP contribution is -2.08. The fraction of sp³-hybridized carbons (Fsp3) is 0.100. The summed E-state index contributed by atoms with van der Waals surface area (Å²) in [6.45, 7) is 1.73. The summed E-state index contributed by atoms with van der Waals surface area (Å²) in [6.07, 6.45) is 1.65. The topological polar surface area (TPSA) is 84.7 Å². The molecule has 0 saturated carbocycles. The first-order valence-electron chi connectivity index (χ1n) is 4.61. The molecule has 0 bridgehead atoms. The fourth-order valence-electron chi connectivity index (χ4n) is 1.19. The highest BCUT2D eigenvalue weighted by Gasteiger charge is 2.05. The fourth-order valence-corrected chi connectivity index (χ4v) is 2.04. The van der Waals surface area contributed by atoms with Crippen LogP contribution in [0.15, 0.2) is 39.2 Å². The molecule has 3 N–H and O–H groups in total. The molecule has 0 aliphatic heterocycles. The maximum absolute atomic E-state index is 11.2. The summed E-state index contributed by atoms with van der Waals surface area (Å²) in [5.41, 5.74) is 6.15. The Hall–Kier alpha value is -1.82. The number of nitrogens with one attached hydrogen (secondary N) is 1. The molecule has 0 aromatic carbocycles. The SMILES string of the molecule is Cc1nc(Sc2ncccc2N)cc(=O)[nH]1. The van der Waals surface area contributed by atoms with Crippen LogP contribution in [0.1, 0.15) is 5.82 Å². The maximum Gasteiger partial charge on any atom is 0.251 e. The zero-order valence-electron chi connectivity index (χ0n) is 8.60. The predicted molar refractivity (Wildman–Crippen MR) is 62.4 cm³/mol. The normalized spacial score (nSPS) is 10.3. The van der Waals surface area contributed by atoms with Gasteiger partial charge in [0.2, 0.25) is 0 Å². The van der Waals surface area contributed by atoms with E-state index in [-0.39, 0.29) is 5.56 Å². The molecule has 16 heavy (non-hydrogen) atoms. The lowest BCUT2D eigenvalue weighted by Gasteiger charge is -2.03. The van der Waals surface area contributed by atoms with Crippen molar-refractivity contribution in [1.29, 1.82) is 0 Å². The summed E-state index contributed by atoms with van der Waals surface area (Å²) in [6, 6.07) is 4.94. The maximum atomic E-state index is 11.2. The van der Waals surface area contributed by atoms with E-state index >= 15 is 0 Å². The first-order chi connectivity index (χ1) is 7.65. The van der Waals surface area contributed by atoms with Crippen molar-refractivity contribution in [1.82, 2.24) is 15.0 Å². The number of H-pyrrole nitrogens is 1. The Morgan fingerprint density at radius 1 is 1.50 bits per heavy atom. The van der Waals surface area contributed by atoms with Gasteiger partial charge in [-0.25, -0.2) is 9.97 Å². The summed E-state index contributed by atoms with van der Waals surface area (Å²) in [4.78, 5) is 22.1. The summed E-state index contributed by atoms with van der Waals surface area (Å²) < 4.78 is 0. The van der Waals surface area contributed by atoms with Gasteiger partial charge in [-0.2, -0.15) is 0 Å². The van der Waals surface area contributed by atoms with Gasteiger partial charge in [-0.05, 0) is 30.8 Å². The number of aromatic amines is 1. The molecule has 82 valence electrons. The number of nitrogens with two attached hydrogens (primary N) is 1. The average Bonchev–Trinajstić information content (AvgIpc) is 2.20. The third-order valence-electron chi connectivity index (χ3n) is 1.84. The van der Waals surface area contributed by atoms with E-state index in [0.29, 0.717) is 21.6 Å². The van der Waals surface area contributed by atoms with Gasteiger partial charge >= 0.3 is 0 Å². The van der Waals surface area contributed by atoms with E-state index in [9.17, 15) is 4.79 Å². The molecule has 2 rings (SSSR count). The second-order valence-electron chi connectivity index (χ2n) is 3.17. The predicted octanol–water partition coefficient (Wildman–Crippen LogP) is 1.21. The number of hydrogen-bond donors (Lipinski definition) is 2. The monoisotopic (exact) mass is 234 g/mol. The highest BCUT2D eigenvalue weighted by atomic mass is 32.2. The van der Waals surface area contributed by atoms with E-state index in [4.69, 9.17) is 5.73 Å². The van der Waals surface area contributed by atoms with E-state index in [0.717, 1.165) is 0 Å². The minimum absolute atomic E-state index is 0.176. The Kier molecular flexibility index (Phi) is 2.91. The van der Waals surface area contributed by atoms with Crippen LogP contribution in [-0.2, 0) is 0 Å². The Morgan fingerprint density at radius 3 is 3.00 bits per heavy atom. The van der Waals surface area contributed by atoms with Crippen LogP contribution >= 0.6 is 11.8 Å². The molecule has 2 aromatic rings. The number of anilines is 1. The van der Waals surface area contributed by atoms with Crippen LogP contribution in [-0.4, -0.2) is 15.0 Å². The molecule has 0 aliphatic carbocycles. The molecule has 0 atom stereocenters. The molecule has 2 heterocycles. The molecule has 0 amide bonds. The van der Waals surface area contributed by atoms with Crippen molar-refractivity contribution in [2.75, 3.05) is 5.73 Å². The molecule has 0 fully saturated rings. The van der Waals surface area contributed by atoms with Gasteiger partial charge in [-0.15, -0.1) is 0 Å². The minimum atomic E-state index is -0.176. The first-order valence-corrected chi connectivity index (χ1v) is 5.43. The number of hydrogen-bond acceptors (Lipinski definition) is 5. The van der Waals surface area contributed by atoms with Crippen LogP contribution in [0.25, 0.3) is 0 Å². The third kappa shape index (κ3) is 2.40. The van der Waals surface area contributed by atoms with Crippen molar-refractivity contribution in [3.63, 3.8) is 0 Å². The molecule has 0 unspecified atom stereocenters. The lowest BCUT2D eigenvalue weighted by molar-refractivity contribution is 0.938. The zero-order chi connectivity index (χ0) is 11.5. The number of nitrogen functional groups attached to an aromatic ring is 1. The largest absolute Gasteiger partial charge is 0.397 e. The standard InChI is InChI=1S/C10H10N4OS/c1-6-13-8(15)5-9(14-6)16-10-7(11)3-2-4-12-10/h2-5H,11H2,1H3,(H,13,14,15). The van der Waals surface area contributed by atoms with Gasteiger partial charge in [0.1, 0.15) is 15.9 Å². The van der Waals surface area contributed by atoms with Crippen LogP contribution in [0, 0.1) is 6.92 Å². The number of pyridine rings is 1. The molecule has 0 aliphatic rings. The van der Waals surface area contributed by atoms with E-state index in [1.54, 1.807) is 25.3 Å². The van der Waals surface area contributed by atoms with Crippen molar-refractivity contribution in [3.8, 4) is 0 Å². The van der Waals surface area contributed by atoms with Crippen molar-refractivity contribution in [2.45, 2.75) is 17.0 Å². The summed E-state index contributed by atoms with van der Waals surface area (Å²) in [5, 5.41) is 1.24. The van der Waals surface area contributed by atoms with E-state index < -0.39 is 0 Å². The average molecular weight is 234 g/mol. The quantitative estimate of drug-likeness (QED) is 0.763. The summed E-state index contributed by atoms with van der Waals surface area (Å²) >= 11 is 1.28. The first kappa shape index (κ1) is 10.7. The van der Waals surface area contributed by atoms with Gasteiger partial charge in [0.25, 0.3) is 5.56 Å². The van der Waals surface area contributed by atoms with Gasteiger partial charge < -0.3 is 10.7 Å². The van der Waals surface area contributed by atoms with Crippen LogP contribution in [0.2, 0.25) is 0 Å².